The fraction of sp³-hybridized carbons (Fsp3) is 0.333. The van der Waals surface area contributed by atoms with Crippen molar-refractivity contribution in [1.82, 2.24) is 20.0 Å². The van der Waals surface area contributed by atoms with E-state index in [0.717, 1.165) is 49.0 Å². The van der Waals surface area contributed by atoms with Crippen molar-refractivity contribution >= 4 is 11.7 Å². The number of amides is 2. The second-order valence-corrected chi connectivity index (χ2v) is 6.87. The lowest BCUT2D eigenvalue weighted by Gasteiger charge is -2.35. The van der Waals surface area contributed by atoms with Gasteiger partial charge in [-0.2, -0.15) is 4.98 Å². The molecule has 1 atom stereocenters. The molecule has 2 aromatic heterocycles. The van der Waals surface area contributed by atoms with E-state index in [1.807, 2.05) is 54.4 Å². The van der Waals surface area contributed by atoms with Gasteiger partial charge in [-0.05, 0) is 55.2 Å². The average molecular weight is 377 g/mol. The van der Waals surface area contributed by atoms with Gasteiger partial charge in [-0.3, -0.25) is 4.98 Å². The van der Waals surface area contributed by atoms with E-state index in [1.54, 1.807) is 6.20 Å². The molecular formula is C21H23N5O2. The van der Waals surface area contributed by atoms with Crippen LogP contribution in [0.1, 0.15) is 43.6 Å². The third kappa shape index (κ3) is 3.88. The Bertz CT molecular complexity index is 923. The number of aryl methyl sites for hydroxylation is 1. The van der Waals surface area contributed by atoms with Gasteiger partial charge in [0.2, 0.25) is 0 Å². The molecule has 1 saturated heterocycles. The third-order valence-electron chi connectivity index (χ3n) is 5.00. The van der Waals surface area contributed by atoms with Crippen LogP contribution in [0.15, 0.2) is 53.3 Å². The van der Waals surface area contributed by atoms with Crippen molar-refractivity contribution in [3.63, 3.8) is 0 Å². The van der Waals surface area contributed by atoms with Crippen LogP contribution in [-0.2, 0) is 6.42 Å². The molecule has 28 heavy (non-hydrogen) atoms. The topological polar surface area (TPSA) is 84.2 Å². The smallest absolute Gasteiger partial charge is 0.322 e. The highest BCUT2D eigenvalue weighted by Crippen LogP contribution is 2.31. The SMILES string of the molecule is CCc1noc(-c2ccc(NC(=O)N3CCCC[C@H]3c3cccnc3)cc2)n1. The number of pyridine rings is 1. The summed E-state index contributed by atoms with van der Waals surface area (Å²) in [6.45, 7) is 2.72. The normalized spacial score (nSPS) is 16.8. The maximum absolute atomic E-state index is 12.9. The number of nitrogens with one attached hydrogen (secondary N) is 1. The molecule has 1 aliphatic rings. The summed E-state index contributed by atoms with van der Waals surface area (Å²) in [5.74, 6) is 1.17. The fourth-order valence-corrected chi connectivity index (χ4v) is 3.50. The Morgan fingerprint density at radius 1 is 1.25 bits per heavy atom. The molecule has 0 spiro atoms. The van der Waals surface area contributed by atoms with E-state index in [9.17, 15) is 4.79 Å². The van der Waals surface area contributed by atoms with Crippen LogP contribution in [0.25, 0.3) is 11.5 Å². The number of anilines is 1. The van der Waals surface area contributed by atoms with Crippen LogP contribution in [0.4, 0.5) is 10.5 Å². The zero-order valence-corrected chi connectivity index (χ0v) is 15.8. The predicted molar refractivity (Wildman–Crippen MR) is 106 cm³/mol. The Hall–Kier alpha value is -3.22. The molecule has 0 bridgehead atoms. The van der Waals surface area contributed by atoms with Crippen molar-refractivity contribution in [3.8, 4) is 11.5 Å². The van der Waals surface area contributed by atoms with E-state index in [1.165, 1.54) is 0 Å². The van der Waals surface area contributed by atoms with Crippen molar-refractivity contribution < 1.29 is 9.32 Å². The number of urea groups is 1. The summed E-state index contributed by atoms with van der Waals surface area (Å²) < 4.78 is 5.26. The summed E-state index contributed by atoms with van der Waals surface area (Å²) in [6, 6.07) is 11.4. The number of benzene rings is 1. The second-order valence-electron chi connectivity index (χ2n) is 6.87. The van der Waals surface area contributed by atoms with E-state index in [2.05, 4.69) is 20.4 Å². The van der Waals surface area contributed by atoms with E-state index in [4.69, 9.17) is 4.52 Å². The number of aromatic nitrogens is 3. The molecule has 0 unspecified atom stereocenters. The van der Waals surface area contributed by atoms with Crippen LogP contribution in [-0.4, -0.2) is 32.6 Å². The highest BCUT2D eigenvalue weighted by Gasteiger charge is 2.28. The Morgan fingerprint density at radius 3 is 2.82 bits per heavy atom. The Labute approximate surface area is 163 Å². The summed E-state index contributed by atoms with van der Waals surface area (Å²) in [6.07, 6.45) is 7.41. The summed E-state index contributed by atoms with van der Waals surface area (Å²) in [4.78, 5) is 23.3. The molecule has 7 nitrogen and oxygen atoms in total. The summed E-state index contributed by atoms with van der Waals surface area (Å²) in [5, 5.41) is 6.92. The second kappa shape index (κ2) is 8.21. The van der Waals surface area contributed by atoms with Crippen LogP contribution in [0.5, 0.6) is 0 Å². The molecule has 0 saturated carbocycles. The molecule has 1 aliphatic heterocycles. The molecule has 0 aliphatic carbocycles. The first kappa shape index (κ1) is 18.2. The van der Waals surface area contributed by atoms with Gasteiger partial charge in [0.15, 0.2) is 5.82 Å². The largest absolute Gasteiger partial charge is 0.334 e. The number of piperidine rings is 1. The quantitative estimate of drug-likeness (QED) is 0.726. The van der Waals surface area contributed by atoms with Crippen molar-refractivity contribution in [2.45, 2.75) is 38.6 Å². The van der Waals surface area contributed by atoms with Crippen LogP contribution in [0.2, 0.25) is 0 Å². The fourth-order valence-electron chi connectivity index (χ4n) is 3.50. The summed E-state index contributed by atoms with van der Waals surface area (Å²) >= 11 is 0. The van der Waals surface area contributed by atoms with E-state index in [0.29, 0.717) is 11.7 Å². The van der Waals surface area contributed by atoms with E-state index in [-0.39, 0.29) is 12.1 Å². The van der Waals surface area contributed by atoms with Gasteiger partial charge in [0, 0.05) is 36.6 Å². The highest BCUT2D eigenvalue weighted by molar-refractivity contribution is 5.90. The standard InChI is InChI=1S/C21H23N5O2/c1-2-19-24-20(28-25-19)15-8-10-17(11-9-15)23-21(27)26-13-4-3-7-18(26)16-6-5-12-22-14-16/h5-6,8-12,14,18H,2-4,7,13H2,1H3,(H,23,27)/t18-/m0/s1. The van der Waals surface area contributed by atoms with Gasteiger partial charge < -0.3 is 14.7 Å². The first-order chi connectivity index (χ1) is 13.7. The maximum Gasteiger partial charge on any atom is 0.322 e. The molecule has 4 rings (SSSR count). The Balaban J connectivity index is 1.46. The number of hydrogen-bond donors (Lipinski definition) is 1. The number of carbonyl (C=O) groups excluding carboxylic acids is 1. The van der Waals surface area contributed by atoms with Crippen LogP contribution in [0, 0.1) is 0 Å². The van der Waals surface area contributed by atoms with Crippen molar-refractivity contribution in [2.75, 3.05) is 11.9 Å². The lowest BCUT2D eigenvalue weighted by Crippen LogP contribution is -2.41. The molecular weight excluding hydrogens is 354 g/mol. The van der Waals surface area contributed by atoms with E-state index >= 15 is 0 Å². The number of rotatable bonds is 4. The minimum absolute atomic E-state index is 0.0626. The van der Waals surface area contributed by atoms with Gasteiger partial charge in [0.25, 0.3) is 5.89 Å². The molecule has 1 N–H and O–H groups in total. The van der Waals surface area contributed by atoms with E-state index < -0.39 is 0 Å². The number of likely N-dealkylation sites (tertiary alicyclic amines) is 1. The monoisotopic (exact) mass is 377 g/mol. The summed E-state index contributed by atoms with van der Waals surface area (Å²) in [5.41, 5.74) is 2.65. The van der Waals surface area contributed by atoms with Crippen LogP contribution >= 0.6 is 0 Å². The van der Waals surface area contributed by atoms with Crippen molar-refractivity contribution in [1.29, 1.82) is 0 Å². The van der Waals surface area contributed by atoms with Gasteiger partial charge in [-0.25, -0.2) is 4.79 Å². The molecule has 3 heterocycles. The van der Waals surface area contributed by atoms with Gasteiger partial charge in [0.05, 0.1) is 6.04 Å². The van der Waals surface area contributed by atoms with Gasteiger partial charge >= 0.3 is 6.03 Å². The molecule has 1 fully saturated rings. The van der Waals surface area contributed by atoms with Gasteiger partial charge in [-0.15, -0.1) is 0 Å². The van der Waals surface area contributed by atoms with Gasteiger partial charge in [-0.1, -0.05) is 18.1 Å². The minimum Gasteiger partial charge on any atom is -0.334 e. The van der Waals surface area contributed by atoms with Gasteiger partial charge in [0.1, 0.15) is 0 Å². The zero-order valence-electron chi connectivity index (χ0n) is 15.8. The summed E-state index contributed by atoms with van der Waals surface area (Å²) in [7, 11) is 0. The molecule has 1 aromatic carbocycles. The highest BCUT2D eigenvalue weighted by atomic mass is 16.5. The van der Waals surface area contributed by atoms with Crippen molar-refractivity contribution in [2.24, 2.45) is 0 Å². The number of nitrogens with zero attached hydrogens (tertiary/aromatic N) is 4. The lowest BCUT2D eigenvalue weighted by molar-refractivity contribution is 0.163. The van der Waals surface area contributed by atoms with Crippen LogP contribution < -0.4 is 5.32 Å². The first-order valence-electron chi connectivity index (χ1n) is 9.65. The molecule has 0 radical (unpaired) electrons. The molecule has 144 valence electrons. The number of hydrogen-bond acceptors (Lipinski definition) is 5. The predicted octanol–water partition coefficient (Wildman–Crippen LogP) is 4.45. The minimum atomic E-state index is -0.0904. The molecule has 2 amide bonds. The average Bonchev–Trinajstić information content (AvgIpc) is 3.24. The Morgan fingerprint density at radius 2 is 2.11 bits per heavy atom. The van der Waals surface area contributed by atoms with Crippen LogP contribution in [0.3, 0.4) is 0 Å². The maximum atomic E-state index is 12.9. The first-order valence-corrected chi connectivity index (χ1v) is 9.65. The molecule has 7 heteroatoms. The zero-order chi connectivity index (χ0) is 19.3. The third-order valence-corrected chi connectivity index (χ3v) is 5.00. The Kier molecular flexibility index (Phi) is 5.32. The van der Waals surface area contributed by atoms with Crippen molar-refractivity contribution in [3.05, 3.63) is 60.2 Å². The molecule has 3 aromatic rings. The number of carbonyl (C=O) groups is 1. The lowest BCUT2D eigenvalue weighted by atomic mass is 9.97.